The largest absolute Gasteiger partial charge is 0.386 e. The lowest BCUT2D eigenvalue weighted by atomic mass is 10.0. The van der Waals surface area contributed by atoms with Crippen molar-refractivity contribution in [1.29, 1.82) is 0 Å². The summed E-state index contributed by atoms with van der Waals surface area (Å²) in [5.41, 5.74) is 1.87. The third-order valence-electron chi connectivity index (χ3n) is 3.48. The number of halogens is 2. The highest BCUT2D eigenvalue weighted by Crippen LogP contribution is 2.27. The van der Waals surface area contributed by atoms with Gasteiger partial charge in [-0.3, -0.25) is 0 Å². The van der Waals surface area contributed by atoms with Gasteiger partial charge in [0.25, 0.3) is 0 Å². The lowest BCUT2D eigenvalue weighted by Crippen LogP contribution is -2.31. The van der Waals surface area contributed by atoms with E-state index in [1.165, 1.54) is 11.4 Å². The summed E-state index contributed by atoms with van der Waals surface area (Å²) in [6.07, 6.45) is 6.62. The molecule has 116 valence electrons. The van der Waals surface area contributed by atoms with Crippen LogP contribution in [0.4, 0.5) is 0 Å². The van der Waals surface area contributed by atoms with Crippen LogP contribution >= 0.6 is 24.8 Å². The van der Waals surface area contributed by atoms with Crippen molar-refractivity contribution in [2.45, 2.75) is 51.6 Å². The van der Waals surface area contributed by atoms with Crippen LogP contribution in [-0.2, 0) is 0 Å². The Morgan fingerprint density at radius 2 is 1.15 bits per heavy atom. The molecule has 2 rings (SSSR count). The molecule has 4 nitrogen and oxygen atoms in total. The van der Waals surface area contributed by atoms with Gasteiger partial charge in [-0.15, -0.1) is 24.8 Å². The Hall–Kier alpha value is -0.740. The van der Waals surface area contributed by atoms with E-state index in [-0.39, 0.29) is 35.9 Å². The molecule has 0 radical (unpaired) electrons. The molecule has 2 heterocycles. The maximum Gasteiger partial charge on any atom is 0.115 e. The van der Waals surface area contributed by atoms with Crippen molar-refractivity contribution in [2.75, 3.05) is 13.1 Å². The van der Waals surface area contributed by atoms with Crippen molar-refractivity contribution in [1.82, 2.24) is 10.6 Å². The standard InChI is InChI=1S/C14H24N4.2ClH/c1-13(2,11-7-5-9-15-11)17-18-14(3,4)12-8-6-10-16-12;;/h7-8,15-16H,5-6,9-10H2,1-4H3;2*1H. The minimum absolute atomic E-state index is 0. The maximum absolute atomic E-state index is 4.57. The minimum Gasteiger partial charge on any atom is -0.386 e. The van der Waals surface area contributed by atoms with Gasteiger partial charge in [0.2, 0.25) is 0 Å². The number of azo groups is 1. The summed E-state index contributed by atoms with van der Waals surface area (Å²) in [5.74, 6) is 0. The van der Waals surface area contributed by atoms with Crippen LogP contribution in [0.5, 0.6) is 0 Å². The molecule has 0 atom stereocenters. The Balaban J connectivity index is 0.00000180. The Labute approximate surface area is 134 Å². The van der Waals surface area contributed by atoms with E-state index in [0.29, 0.717) is 0 Å². The molecule has 0 aromatic rings. The summed E-state index contributed by atoms with van der Waals surface area (Å²) in [7, 11) is 0. The molecule has 2 aliphatic heterocycles. The molecular weight excluding hydrogens is 295 g/mol. The van der Waals surface area contributed by atoms with Gasteiger partial charge in [0, 0.05) is 24.5 Å². The van der Waals surface area contributed by atoms with Gasteiger partial charge in [-0.05, 0) is 40.5 Å². The average Bonchev–Trinajstić information content (AvgIpc) is 2.99. The minimum atomic E-state index is -0.257. The molecule has 0 fully saturated rings. The highest BCUT2D eigenvalue weighted by molar-refractivity contribution is 5.85. The van der Waals surface area contributed by atoms with Crippen LogP contribution < -0.4 is 10.6 Å². The molecule has 0 aromatic carbocycles. The SMILES string of the molecule is CC(C)(N=NC(C)(C)C1=CCCN1)C1=CCCN1.Cl.Cl. The van der Waals surface area contributed by atoms with Gasteiger partial charge in [0.1, 0.15) is 11.1 Å². The van der Waals surface area contributed by atoms with Crippen LogP contribution in [0.1, 0.15) is 40.5 Å². The maximum atomic E-state index is 4.57. The molecule has 0 spiro atoms. The van der Waals surface area contributed by atoms with Gasteiger partial charge in [-0.1, -0.05) is 12.2 Å². The highest BCUT2D eigenvalue weighted by Gasteiger charge is 2.29. The predicted octanol–water partition coefficient (Wildman–Crippen LogP) is 3.59. The van der Waals surface area contributed by atoms with Crippen molar-refractivity contribution in [2.24, 2.45) is 10.2 Å². The quantitative estimate of drug-likeness (QED) is 0.777. The Bertz CT molecular complexity index is 373. The van der Waals surface area contributed by atoms with E-state index < -0.39 is 0 Å². The van der Waals surface area contributed by atoms with E-state index in [1.54, 1.807) is 0 Å². The lowest BCUT2D eigenvalue weighted by molar-refractivity contribution is 0.470. The smallest absolute Gasteiger partial charge is 0.115 e. The molecule has 6 heteroatoms. The zero-order valence-electron chi connectivity index (χ0n) is 12.7. The zero-order chi connectivity index (χ0) is 13.2. The van der Waals surface area contributed by atoms with Crippen molar-refractivity contribution in [3.05, 3.63) is 23.5 Å². The number of hydrogen-bond donors (Lipinski definition) is 2. The fraction of sp³-hybridized carbons (Fsp3) is 0.714. The first-order valence-electron chi connectivity index (χ1n) is 6.75. The molecule has 0 saturated heterocycles. The second kappa shape index (κ2) is 7.32. The first kappa shape index (κ1) is 19.3. The van der Waals surface area contributed by atoms with E-state index in [2.05, 4.69) is 60.7 Å². The summed E-state index contributed by atoms with van der Waals surface area (Å²) >= 11 is 0. The molecule has 0 aromatic heterocycles. The first-order valence-corrected chi connectivity index (χ1v) is 6.75. The van der Waals surface area contributed by atoms with E-state index >= 15 is 0 Å². The molecule has 2 N–H and O–H groups in total. The van der Waals surface area contributed by atoms with Crippen molar-refractivity contribution in [3.8, 4) is 0 Å². The van der Waals surface area contributed by atoms with Gasteiger partial charge in [0.15, 0.2) is 0 Å². The van der Waals surface area contributed by atoms with Crippen molar-refractivity contribution in [3.63, 3.8) is 0 Å². The van der Waals surface area contributed by atoms with Crippen molar-refractivity contribution < 1.29 is 0 Å². The van der Waals surface area contributed by atoms with Crippen LogP contribution in [0.25, 0.3) is 0 Å². The van der Waals surface area contributed by atoms with Crippen LogP contribution in [0, 0.1) is 0 Å². The summed E-state index contributed by atoms with van der Waals surface area (Å²) < 4.78 is 0. The van der Waals surface area contributed by atoms with Crippen LogP contribution in [0.2, 0.25) is 0 Å². The van der Waals surface area contributed by atoms with E-state index in [4.69, 9.17) is 0 Å². The van der Waals surface area contributed by atoms with Crippen LogP contribution in [-0.4, -0.2) is 24.2 Å². The first-order chi connectivity index (χ1) is 8.42. The van der Waals surface area contributed by atoms with Crippen LogP contribution in [0.15, 0.2) is 33.8 Å². The summed E-state index contributed by atoms with van der Waals surface area (Å²) in [6, 6.07) is 0. The van der Waals surface area contributed by atoms with Crippen LogP contribution in [0.3, 0.4) is 0 Å². The summed E-state index contributed by atoms with van der Waals surface area (Å²) in [6.45, 7) is 10.5. The van der Waals surface area contributed by atoms with E-state index in [1.807, 2.05) is 0 Å². The molecule has 20 heavy (non-hydrogen) atoms. The van der Waals surface area contributed by atoms with E-state index in [0.717, 1.165) is 25.9 Å². The molecule has 0 saturated carbocycles. The molecule has 0 unspecified atom stereocenters. The number of rotatable bonds is 4. The predicted molar refractivity (Wildman–Crippen MR) is 88.9 cm³/mol. The Kier molecular flexibility index (Phi) is 7.05. The normalized spacial score (nSPS) is 18.6. The molecule has 2 aliphatic rings. The molecule has 0 aliphatic carbocycles. The Morgan fingerprint density at radius 3 is 1.40 bits per heavy atom. The lowest BCUT2D eigenvalue weighted by Gasteiger charge is -2.25. The van der Waals surface area contributed by atoms with E-state index in [9.17, 15) is 0 Å². The monoisotopic (exact) mass is 320 g/mol. The van der Waals surface area contributed by atoms with Gasteiger partial charge >= 0.3 is 0 Å². The average molecular weight is 321 g/mol. The summed E-state index contributed by atoms with van der Waals surface area (Å²) in [5, 5.41) is 15.9. The fourth-order valence-corrected chi connectivity index (χ4v) is 2.28. The number of nitrogens with zero attached hydrogens (tertiary/aromatic N) is 2. The van der Waals surface area contributed by atoms with Gasteiger partial charge < -0.3 is 10.6 Å². The number of nitrogens with one attached hydrogen (secondary N) is 2. The number of hydrogen-bond acceptors (Lipinski definition) is 4. The van der Waals surface area contributed by atoms with Gasteiger partial charge in [-0.2, -0.15) is 10.2 Å². The van der Waals surface area contributed by atoms with Gasteiger partial charge in [-0.25, -0.2) is 0 Å². The molecular formula is C14H26Cl2N4. The molecule has 0 amide bonds. The third kappa shape index (κ3) is 4.38. The van der Waals surface area contributed by atoms with Gasteiger partial charge in [0.05, 0.1) is 0 Å². The Morgan fingerprint density at radius 1 is 0.800 bits per heavy atom. The highest BCUT2D eigenvalue weighted by atomic mass is 35.5. The zero-order valence-corrected chi connectivity index (χ0v) is 14.3. The van der Waals surface area contributed by atoms with Crippen molar-refractivity contribution >= 4 is 24.8 Å². The topological polar surface area (TPSA) is 48.8 Å². The fourth-order valence-electron chi connectivity index (χ4n) is 2.28. The molecule has 0 bridgehead atoms. The second-order valence-electron chi connectivity index (χ2n) is 5.98. The second-order valence-corrected chi connectivity index (χ2v) is 5.98. The third-order valence-corrected chi connectivity index (χ3v) is 3.48. The summed E-state index contributed by atoms with van der Waals surface area (Å²) in [4.78, 5) is 0.